The first-order chi connectivity index (χ1) is 16.0. The number of hydrogen-bond donors (Lipinski definition) is 0. The molecule has 3 aromatic rings. The summed E-state index contributed by atoms with van der Waals surface area (Å²) in [5, 5.41) is 7.96. The molecule has 5 rings (SSSR count). The molecule has 9 nitrogen and oxygen atoms in total. The lowest BCUT2D eigenvalue weighted by molar-refractivity contribution is 0.0815. The molecule has 1 aromatic carbocycles. The molecule has 2 aliphatic rings. The highest BCUT2D eigenvalue weighted by Crippen LogP contribution is 2.37. The number of fused-ring (bicyclic) bond motifs is 1. The van der Waals surface area contributed by atoms with Gasteiger partial charge >= 0.3 is 0 Å². The van der Waals surface area contributed by atoms with Gasteiger partial charge in [0.2, 0.25) is 5.95 Å². The van der Waals surface area contributed by atoms with Crippen molar-refractivity contribution in [1.29, 1.82) is 0 Å². The minimum atomic E-state index is -2.56. The zero-order chi connectivity index (χ0) is 22.9. The first-order valence-electron chi connectivity index (χ1n) is 10.4. The molecule has 0 aliphatic carbocycles. The number of benzene rings is 1. The summed E-state index contributed by atoms with van der Waals surface area (Å²) in [6, 6.07) is 3.30. The number of hydrogen-bond acceptors (Lipinski definition) is 8. The first-order valence-corrected chi connectivity index (χ1v) is 10.4. The van der Waals surface area contributed by atoms with E-state index >= 15 is 4.39 Å². The van der Waals surface area contributed by atoms with Gasteiger partial charge in [0.25, 0.3) is 6.43 Å². The zero-order valence-corrected chi connectivity index (χ0v) is 17.4. The maximum Gasteiger partial charge on any atom is 0.272 e. The van der Waals surface area contributed by atoms with Crippen molar-refractivity contribution in [3.63, 3.8) is 0 Å². The summed E-state index contributed by atoms with van der Waals surface area (Å²) >= 11 is 0. The third kappa shape index (κ3) is 4.08. The lowest BCUT2D eigenvalue weighted by Crippen LogP contribution is -2.30. The summed E-state index contributed by atoms with van der Waals surface area (Å²) in [6.07, 6.45) is 3.62. The number of nitrogens with zero attached hydrogens (tertiary/aromatic N) is 7. The second-order valence-electron chi connectivity index (χ2n) is 8.02. The number of carbonyl (C=O) groups is 1. The van der Waals surface area contributed by atoms with Crippen molar-refractivity contribution in [1.82, 2.24) is 25.0 Å². The summed E-state index contributed by atoms with van der Waals surface area (Å²) in [6.45, 7) is 1.94. The molecule has 12 heteroatoms. The van der Waals surface area contributed by atoms with Crippen LogP contribution in [0.15, 0.2) is 36.9 Å². The van der Waals surface area contributed by atoms with Crippen molar-refractivity contribution < 1.29 is 22.7 Å². The molecule has 2 unspecified atom stereocenters. The Morgan fingerprint density at radius 1 is 1.00 bits per heavy atom. The minimum absolute atomic E-state index is 0.0788. The summed E-state index contributed by atoms with van der Waals surface area (Å²) in [5.74, 6) is 0.662. The number of alkyl halides is 2. The number of aromatic nitrogens is 5. The van der Waals surface area contributed by atoms with E-state index in [0.29, 0.717) is 49.8 Å². The zero-order valence-electron chi connectivity index (χ0n) is 17.4. The van der Waals surface area contributed by atoms with Crippen molar-refractivity contribution in [3.05, 3.63) is 48.3 Å². The van der Waals surface area contributed by atoms with Crippen LogP contribution in [0.5, 0.6) is 5.75 Å². The summed E-state index contributed by atoms with van der Waals surface area (Å²) < 4.78 is 44.6. The smallest absolute Gasteiger partial charge is 0.272 e. The van der Waals surface area contributed by atoms with Crippen LogP contribution in [0, 0.1) is 17.7 Å². The quantitative estimate of drug-likeness (QED) is 0.497. The van der Waals surface area contributed by atoms with E-state index < -0.39 is 18.8 Å². The van der Waals surface area contributed by atoms with Gasteiger partial charge in [0.05, 0.1) is 41.7 Å². The number of carbonyl (C=O) groups excluding carboxylic acids is 1. The molecule has 0 saturated carbocycles. The maximum atomic E-state index is 15.2. The van der Waals surface area contributed by atoms with Crippen molar-refractivity contribution in [2.24, 2.45) is 11.8 Å². The van der Waals surface area contributed by atoms with E-state index in [1.807, 2.05) is 9.80 Å². The van der Waals surface area contributed by atoms with Gasteiger partial charge in [0.1, 0.15) is 6.61 Å². The monoisotopic (exact) mass is 459 g/mol. The van der Waals surface area contributed by atoms with Gasteiger partial charge in [-0.05, 0) is 12.1 Å². The van der Waals surface area contributed by atoms with Gasteiger partial charge in [-0.1, -0.05) is 0 Å². The van der Waals surface area contributed by atoms with Crippen LogP contribution >= 0.6 is 0 Å². The third-order valence-corrected chi connectivity index (χ3v) is 5.99. The lowest BCUT2D eigenvalue weighted by atomic mass is 10.0. The van der Waals surface area contributed by atoms with Crippen molar-refractivity contribution >= 4 is 17.9 Å². The molecule has 0 spiro atoms. The van der Waals surface area contributed by atoms with Crippen LogP contribution in [-0.4, -0.2) is 70.5 Å². The average Bonchev–Trinajstić information content (AvgIpc) is 3.54. The molecule has 2 saturated heterocycles. The van der Waals surface area contributed by atoms with E-state index in [0.717, 1.165) is 0 Å². The van der Waals surface area contributed by atoms with Gasteiger partial charge in [0.15, 0.2) is 17.9 Å². The highest BCUT2D eigenvalue weighted by Gasteiger charge is 2.41. The van der Waals surface area contributed by atoms with Crippen LogP contribution < -0.4 is 14.5 Å². The number of halogens is 3. The lowest BCUT2D eigenvalue weighted by Gasteiger charge is -2.24. The standard InChI is InChI=1S/C21H20F3N7O2/c22-19(23)12-33-15-5-25-21(26-6-15)30-9-13-7-29(8-14(13)10-30)18-2-1-17(16(11-32)20(18)24)31-27-3-4-28-31/h1-6,11,13-14,19H,7-10,12H2. The Kier molecular flexibility index (Phi) is 5.56. The van der Waals surface area contributed by atoms with E-state index in [4.69, 9.17) is 4.74 Å². The van der Waals surface area contributed by atoms with Crippen LogP contribution in [-0.2, 0) is 0 Å². The molecule has 0 bridgehead atoms. The van der Waals surface area contributed by atoms with Gasteiger partial charge in [-0.15, -0.1) is 0 Å². The predicted molar refractivity (Wildman–Crippen MR) is 112 cm³/mol. The third-order valence-electron chi connectivity index (χ3n) is 5.99. The molecule has 2 atom stereocenters. The van der Waals surface area contributed by atoms with Crippen molar-refractivity contribution in [2.45, 2.75) is 6.43 Å². The Hall–Kier alpha value is -3.70. The van der Waals surface area contributed by atoms with Gasteiger partial charge in [-0.3, -0.25) is 4.79 Å². The molecule has 0 N–H and O–H groups in total. The Morgan fingerprint density at radius 3 is 2.21 bits per heavy atom. The molecule has 2 aromatic heterocycles. The molecule has 4 heterocycles. The Morgan fingerprint density at radius 2 is 1.61 bits per heavy atom. The largest absolute Gasteiger partial charge is 0.484 e. The first kappa shape index (κ1) is 21.2. The molecule has 0 radical (unpaired) electrons. The fourth-order valence-corrected chi connectivity index (χ4v) is 4.50. The molecule has 0 amide bonds. The summed E-state index contributed by atoms with van der Waals surface area (Å²) in [5.41, 5.74) is 0.593. The second kappa shape index (κ2) is 8.68. The number of aldehydes is 1. The fraction of sp³-hybridized carbons (Fsp3) is 0.381. The summed E-state index contributed by atoms with van der Waals surface area (Å²) in [4.78, 5) is 25.3. The molecule has 172 valence electrons. The van der Waals surface area contributed by atoms with E-state index in [9.17, 15) is 13.6 Å². The van der Waals surface area contributed by atoms with Crippen molar-refractivity contribution in [3.8, 4) is 11.4 Å². The van der Waals surface area contributed by atoms with E-state index in [1.165, 1.54) is 29.6 Å². The topological polar surface area (TPSA) is 89.3 Å². The summed E-state index contributed by atoms with van der Waals surface area (Å²) in [7, 11) is 0. The fourth-order valence-electron chi connectivity index (χ4n) is 4.50. The van der Waals surface area contributed by atoms with E-state index in [1.54, 1.807) is 12.1 Å². The highest BCUT2D eigenvalue weighted by molar-refractivity contribution is 5.83. The molecule has 2 fully saturated rings. The molecular formula is C21H20F3N7O2. The van der Waals surface area contributed by atoms with Crippen LogP contribution in [0.25, 0.3) is 5.69 Å². The van der Waals surface area contributed by atoms with Crippen molar-refractivity contribution in [2.75, 3.05) is 42.6 Å². The SMILES string of the molecule is O=Cc1c(-n2nccn2)ccc(N2CC3CN(c4ncc(OCC(F)F)cn4)CC3C2)c1F. The number of anilines is 2. The molecule has 33 heavy (non-hydrogen) atoms. The number of ether oxygens (including phenoxy) is 1. The van der Waals surface area contributed by atoms with Crippen LogP contribution in [0.4, 0.5) is 24.8 Å². The second-order valence-corrected chi connectivity index (χ2v) is 8.02. The Bertz CT molecular complexity index is 1110. The van der Waals surface area contributed by atoms with Gasteiger partial charge in [-0.2, -0.15) is 15.0 Å². The average molecular weight is 459 g/mol. The van der Waals surface area contributed by atoms with E-state index in [2.05, 4.69) is 20.2 Å². The van der Waals surface area contributed by atoms with Gasteiger partial charge < -0.3 is 14.5 Å². The van der Waals surface area contributed by atoms with E-state index in [-0.39, 0.29) is 23.1 Å². The van der Waals surface area contributed by atoms with Crippen LogP contribution in [0.2, 0.25) is 0 Å². The van der Waals surface area contributed by atoms with Gasteiger partial charge in [0, 0.05) is 38.0 Å². The Balaban J connectivity index is 1.26. The molecular weight excluding hydrogens is 439 g/mol. The normalized spacial score (nSPS) is 19.9. The molecule has 2 aliphatic heterocycles. The minimum Gasteiger partial charge on any atom is -0.484 e. The highest BCUT2D eigenvalue weighted by atomic mass is 19.3. The van der Waals surface area contributed by atoms with Crippen LogP contribution in [0.3, 0.4) is 0 Å². The van der Waals surface area contributed by atoms with Gasteiger partial charge in [-0.25, -0.2) is 23.1 Å². The number of rotatable bonds is 7. The van der Waals surface area contributed by atoms with Crippen LogP contribution in [0.1, 0.15) is 10.4 Å². The Labute approximate surface area is 186 Å². The maximum absolute atomic E-state index is 15.2. The predicted octanol–water partition coefficient (Wildman–Crippen LogP) is 2.23.